The fraction of sp³-hybridized carbons (Fsp3) is 0.526. The van der Waals surface area contributed by atoms with Crippen molar-refractivity contribution in [2.75, 3.05) is 26.3 Å². The summed E-state index contributed by atoms with van der Waals surface area (Å²) >= 11 is 0. The van der Waals surface area contributed by atoms with Crippen LogP contribution >= 0.6 is 0 Å². The molecular weight excluding hydrogens is 334 g/mol. The van der Waals surface area contributed by atoms with Crippen LogP contribution < -0.4 is 0 Å². The Hall–Kier alpha value is -2.25. The monoisotopic (exact) mass is 357 g/mol. The number of piperidine rings is 1. The number of rotatable bonds is 4. The minimum Gasteiger partial charge on any atom is -0.421 e. The summed E-state index contributed by atoms with van der Waals surface area (Å²) in [5, 5.41) is 8.16. The maximum absolute atomic E-state index is 12.5. The zero-order valence-corrected chi connectivity index (χ0v) is 14.9. The summed E-state index contributed by atoms with van der Waals surface area (Å²) in [5.41, 5.74) is 2.03. The van der Waals surface area contributed by atoms with Crippen molar-refractivity contribution in [2.24, 2.45) is 0 Å². The van der Waals surface area contributed by atoms with E-state index in [-0.39, 0.29) is 5.91 Å². The van der Waals surface area contributed by atoms with Gasteiger partial charge < -0.3 is 18.8 Å². The summed E-state index contributed by atoms with van der Waals surface area (Å²) < 4.78 is 17.1. The molecule has 2 aliphatic heterocycles. The predicted molar refractivity (Wildman–Crippen MR) is 93.2 cm³/mol. The first-order valence-electron chi connectivity index (χ1n) is 9.09. The first-order chi connectivity index (χ1) is 12.6. The molecular formula is C19H23N3O4. The zero-order valence-electron chi connectivity index (χ0n) is 14.9. The number of nitrogens with zero attached hydrogens (tertiary/aromatic N) is 3. The Balaban J connectivity index is 1.30. The Labute approximate surface area is 152 Å². The van der Waals surface area contributed by atoms with E-state index in [4.69, 9.17) is 13.9 Å². The van der Waals surface area contributed by atoms with Crippen LogP contribution in [0.4, 0.5) is 0 Å². The van der Waals surface area contributed by atoms with Gasteiger partial charge in [0, 0.05) is 44.3 Å². The third-order valence-electron chi connectivity index (χ3n) is 4.98. The molecule has 138 valence electrons. The highest BCUT2D eigenvalue weighted by atomic mass is 16.7. The highest BCUT2D eigenvalue weighted by molar-refractivity contribution is 5.76. The number of carbonyl (C=O) groups is 1. The summed E-state index contributed by atoms with van der Waals surface area (Å²) in [6.07, 6.45) is 2.28. The van der Waals surface area contributed by atoms with Crippen LogP contribution in [-0.4, -0.2) is 53.1 Å². The summed E-state index contributed by atoms with van der Waals surface area (Å²) in [7, 11) is 0. The Bertz CT molecular complexity index is 773. The molecule has 3 heterocycles. The number of benzene rings is 1. The van der Waals surface area contributed by atoms with E-state index >= 15 is 0 Å². The maximum Gasteiger partial charge on any atom is 0.247 e. The molecule has 2 saturated heterocycles. The van der Waals surface area contributed by atoms with E-state index in [1.807, 2.05) is 36.1 Å². The highest BCUT2D eigenvalue weighted by Crippen LogP contribution is 2.31. The van der Waals surface area contributed by atoms with Crippen molar-refractivity contribution in [3.63, 3.8) is 0 Å². The molecule has 0 unspecified atom stereocenters. The lowest BCUT2D eigenvalue weighted by atomic mass is 10.0. The van der Waals surface area contributed by atoms with Gasteiger partial charge in [-0.25, -0.2) is 0 Å². The fourth-order valence-electron chi connectivity index (χ4n) is 3.50. The second-order valence-electron chi connectivity index (χ2n) is 6.86. The van der Waals surface area contributed by atoms with Crippen LogP contribution in [0.5, 0.6) is 0 Å². The van der Waals surface area contributed by atoms with E-state index in [1.165, 1.54) is 0 Å². The smallest absolute Gasteiger partial charge is 0.247 e. The third kappa shape index (κ3) is 3.64. The van der Waals surface area contributed by atoms with Gasteiger partial charge in [0.15, 0.2) is 5.79 Å². The molecule has 7 nitrogen and oxygen atoms in total. The van der Waals surface area contributed by atoms with Crippen LogP contribution in [0.15, 0.2) is 28.7 Å². The van der Waals surface area contributed by atoms with Gasteiger partial charge in [-0.15, -0.1) is 10.2 Å². The predicted octanol–water partition coefficient (Wildman–Crippen LogP) is 2.34. The van der Waals surface area contributed by atoms with Crippen molar-refractivity contribution in [1.29, 1.82) is 0 Å². The minimum absolute atomic E-state index is 0.105. The SMILES string of the molecule is Cc1cccc(-c2nnc(CCC(=O)N3CCC4(CC3)OCCO4)o2)c1. The molecule has 0 bridgehead atoms. The lowest BCUT2D eigenvalue weighted by molar-refractivity contribution is -0.187. The topological polar surface area (TPSA) is 77.7 Å². The lowest BCUT2D eigenvalue weighted by Crippen LogP contribution is -2.47. The van der Waals surface area contributed by atoms with E-state index in [1.54, 1.807) is 0 Å². The van der Waals surface area contributed by atoms with Gasteiger partial charge in [-0.1, -0.05) is 17.7 Å². The van der Waals surface area contributed by atoms with Gasteiger partial charge in [-0.3, -0.25) is 4.79 Å². The van der Waals surface area contributed by atoms with E-state index in [0.29, 0.717) is 50.9 Å². The van der Waals surface area contributed by atoms with Crippen LogP contribution in [0.2, 0.25) is 0 Å². The van der Waals surface area contributed by atoms with Gasteiger partial charge in [0.2, 0.25) is 17.7 Å². The summed E-state index contributed by atoms with van der Waals surface area (Å²) in [5.74, 6) is 0.636. The van der Waals surface area contributed by atoms with Crippen molar-refractivity contribution in [3.8, 4) is 11.5 Å². The Morgan fingerprint density at radius 3 is 2.69 bits per heavy atom. The number of hydrogen-bond donors (Lipinski definition) is 0. The summed E-state index contributed by atoms with van der Waals surface area (Å²) in [4.78, 5) is 14.3. The number of carbonyl (C=O) groups excluding carboxylic acids is 1. The quantitative estimate of drug-likeness (QED) is 0.836. The number of hydrogen-bond acceptors (Lipinski definition) is 6. The third-order valence-corrected chi connectivity index (χ3v) is 4.98. The Morgan fingerprint density at radius 1 is 1.19 bits per heavy atom. The molecule has 1 spiro atoms. The van der Waals surface area contributed by atoms with Crippen LogP contribution in [0.1, 0.15) is 30.7 Å². The van der Waals surface area contributed by atoms with Crippen molar-refractivity contribution >= 4 is 5.91 Å². The first-order valence-corrected chi connectivity index (χ1v) is 9.09. The normalized spacial score (nSPS) is 19.2. The van der Waals surface area contributed by atoms with Gasteiger partial charge in [0.1, 0.15) is 0 Å². The molecule has 26 heavy (non-hydrogen) atoms. The fourth-order valence-corrected chi connectivity index (χ4v) is 3.50. The molecule has 0 N–H and O–H groups in total. The lowest BCUT2D eigenvalue weighted by Gasteiger charge is -2.37. The van der Waals surface area contributed by atoms with E-state index in [2.05, 4.69) is 10.2 Å². The summed E-state index contributed by atoms with van der Waals surface area (Å²) in [6, 6.07) is 7.91. The second kappa shape index (κ2) is 7.17. The molecule has 2 aliphatic rings. The molecule has 2 aromatic rings. The number of likely N-dealkylation sites (tertiary alicyclic amines) is 1. The van der Waals surface area contributed by atoms with Crippen molar-refractivity contribution in [3.05, 3.63) is 35.7 Å². The Kier molecular flexibility index (Phi) is 4.74. The average Bonchev–Trinajstić information content (AvgIpc) is 3.30. The number of ether oxygens (including phenoxy) is 2. The van der Waals surface area contributed by atoms with Crippen LogP contribution in [0, 0.1) is 6.92 Å². The maximum atomic E-state index is 12.5. The van der Waals surface area contributed by atoms with E-state index in [9.17, 15) is 4.79 Å². The van der Waals surface area contributed by atoms with Gasteiger partial charge in [0.25, 0.3) is 0 Å². The van der Waals surface area contributed by atoms with Crippen LogP contribution in [-0.2, 0) is 20.7 Å². The largest absolute Gasteiger partial charge is 0.421 e. The van der Waals surface area contributed by atoms with Gasteiger partial charge in [-0.05, 0) is 19.1 Å². The van der Waals surface area contributed by atoms with Gasteiger partial charge >= 0.3 is 0 Å². The number of aromatic nitrogens is 2. The Morgan fingerprint density at radius 2 is 1.96 bits per heavy atom. The molecule has 2 fully saturated rings. The second-order valence-corrected chi connectivity index (χ2v) is 6.86. The zero-order chi connectivity index (χ0) is 18.0. The number of aryl methyl sites for hydroxylation is 2. The van der Waals surface area contributed by atoms with Gasteiger partial charge in [0.05, 0.1) is 13.2 Å². The van der Waals surface area contributed by atoms with Crippen molar-refractivity contribution in [2.45, 2.75) is 38.4 Å². The van der Waals surface area contributed by atoms with Crippen molar-refractivity contribution in [1.82, 2.24) is 15.1 Å². The first kappa shape index (κ1) is 17.2. The molecule has 4 rings (SSSR count). The van der Waals surface area contributed by atoms with Crippen LogP contribution in [0.25, 0.3) is 11.5 Å². The van der Waals surface area contributed by atoms with Gasteiger partial charge in [-0.2, -0.15) is 0 Å². The average molecular weight is 357 g/mol. The molecule has 1 amide bonds. The molecule has 1 aromatic heterocycles. The molecule has 0 radical (unpaired) electrons. The standard InChI is InChI=1S/C19H23N3O4/c1-14-3-2-4-15(13-14)18-21-20-16(26-18)5-6-17(23)22-9-7-19(8-10-22)24-11-12-25-19/h2-4,13H,5-12H2,1H3. The van der Waals surface area contributed by atoms with Crippen LogP contribution in [0.3, 0.4) is 0 Å². The molecule has 0 atom stereocenters. The van der Waals surface area contributed by atoms with E-state index in [0.717, 1.165) is 24.0 Å². The van der Waals surface area contributed by atoms with Crippen molar-refractivity contribution < 1.29 is 18.7 Å². The highest BCUT2D eigenvalue weighted by Gasteiger charge is 2.40. The van der Waals surface area contributed by atoms with E-state index < -0.39 is 5.79 Å². The number of amides is 1. The molecule has 7 heteroatoms. The summed E-state index contributed by atoms with van der Waals surface area (Å²) in [6.45, 7) is 4.64. The molecule has 1 aromatic carbocycles. The molecule has 0 aliphatic carbocycles. The minimum atomic E-state index is -0.452. The molecule has 0 saturated carbocycles.